The molecule has 1 aromatic carbocycles. The molecule has 204 valence electrons. The Labute approximate surface area is 220 Å². The minimum Gasteiger partial charge on any atom is -0.483 e. The molecule has 0 aliphatic heterocycles. The molecule has 0 aromatic heterocycles. The standard InChI is InChI=1S/C23H31F4N3O2S2.C2H6/c1-6-8-19(33-5)21-16(17(29-4)10-11-18(21)32-14-23(24,25)26)9-7-12-22(31,15(2)3)20(13-28)30-34-27;1-2/h7-11,13,15,30-31H,4,6,12,14,28H2,1-3,5H3;1-2H3/b9-7-,19-8-,20-13-;. The van der Waals surface area contributed by atoms with Gasteiger partial charge in [0.15, 0.2) is 18.9 Å². The fourth-order valence-corrected chi connectivity index (χ4v) is 4.30. The van der Waals surface area contributed by atoms with Crippen molar-refractivity contribution in [2.75, 3.05) is 12.9 Å². The van der Waals surface area contributed by atoms with Crippen LogP contribution in [0.2, 0.25) is 0 Å². The molecule has 0 saturated carbocycles. The third kappa shape index (κ3) is 9.74. The molecular formula is C25H37F4N3O2S2. The van der Waals surface area contributed by atoms with Crippen molar-refractivity contribution in [1.29, 1.82) is 0 Å². The first-order valence-corrected chi connectivity index (χ1v) is 13.4. The van der Waals surface area contributed by atoms with Gasteiger partial charge in [0.1, 0.15) is 11.4 Å². The number of halogens is 4. The van der Waals surface area contributed by atoms with E-state index in [0.717, 1.165) is 6.20 Å². The highest BCUT2D eigenvalue weighted by Crippen LogP contribution is 2.42. The average Bonchev–Trinajstić information content (AvgIpc) is 2.85. The number of rotatable bonds is 13. The van der Waals surface area contributed by atoms with Gasteiger partial charge in [0, 0.05) is 28.7 Å². The molecule has 0 aliphatic carbocycles. The van der Waals surface area contributed by atoms with E-state index in [-0.39, 0.29) is 36.1 Å². The normalized spacial score (nSPS) is 14.3. The summed E-state index contributed by atoms with van der Waals surface area (Å²) >= 11 is 1.18. The molecular weight excluding hydrogens is 514 g/mol. The molecule has 0 heterocycles. The van der Waals surface area contributed by atoms with Crippen molar-refractivity contribution in [2.24, 2.45) is 16.6 Å². The summed E-state index contributed by atoms with van der Waals surface area (Å²) in [4.78, 5) is 4.72. The molecule has 0 amide bonds. The number of alkyl halides is 3. The number of hydrogen-bond acceptors (Lipinski definition) is 7. The maximum absolute atomic E-state index is 12.9. The number of benzene rings is 1. The van der Waals surface area contributed by atoms with Crippen LogP contribution < -0.4 is 15.2 Å². The fraction of sp³-hybridized carbons (Fsp3) is 0.480. The number of thioether (sulfide) groups is 1. The highest BCUT2D eigenvalue weighted by molar-refractivity contribution is 8.07. The Kier molecular flexibility index (Phi) is 15.6. The number of aliphatic imine (C=N–C) groups is 1. The van der Waals surface area contributed by atoms with E-state index in [0.29, 0.717) is 28.1 Å². The highest BCUT2D eigenvalue weighted by atomic mass is 32.2. The van der Waals surface area contributed by atoms with Gasteiger partial charge >= 0.3 is 6.18 Å². The number of nitrogens with zero attached hydrogens (tertiary/aromatic N) is 1. The summed E-state index contributed by atoms with van der Waals surface area (Å²) in [5.74, 6) is -0.290. The van der Waals surface area contributed by atoms with Gasteiger partial charge in [-0.15, -0.1) is 15.6 Å². The van der Waals surface area contributed by atoms with Crippen molar-refractivity contribution in [3.8, 4) is 5.75 Å². The minimum atomic E-state index is -4.50. The average molecular weight is 552 g/mol. The lowest BCUT2D eigenvalue weighted by molar-refractivity contribution is -0.153. The smallest absolute Gasteiger partial charge is 0.422 e. The minimum absolute atomic E-state index is 0.0387. The van der Waals surface area contributed by atoms with Crippen molar-refractivity contribution < 1.29 is 26.9 Å². The van der Waals surface area contributed by atoms with E-state index in [4.69, 9.17) is 10.5 Å². The van der Waals surface area contributed by atoms with Crippen LogP contribution in [-0.2, 0) is 0 Å². The zero-order valence-corrected chi connectivity index (χ0v) is 23.2. The molecule has 0 saturated heterocycles. The van der Waals surface area contributed by atoms with E-state index >= 15 is 0 Å². The lowest BCUT2D eigenvalue weighted by Gasteiger charge is -2.33. The van der Waals surface area contributed by atoms with Gasteiger partial charge in [0.2, 0.25) is 0 Å². The van der Waals surface area contributed by atoms with Crippen LogP contribution >= 0.6 is 24.1 Å². The van der Waals surface area contributed by atoms with E-state index in [9.17, 15) is 22.2 Å². The van der Waals surface area contributed by atoms with Crippen molar-refractivity contribution in [1.82, 2.24) is 4.72 Å². The summed E-state index contributed by atoms with van der Waals surface area (Å²) in [6.45, 7) is 11.6. The lowest BCUT2D eigenvalue weighted by atomic mass is 9.84. The third-order valence-electron chi connectivity index (χ3n) is 5.05. The monoisotopic (exact) mass is 551 g/mol. The summed E-state index contributed by atoms with van der Waals surface area (Å²) in [6.07, 6.45) is 4.26. The summed E-state index contributed by atoms with van der Waals surface area (Å²) in [5, 5.41) is 11.2. The zero-order valence-electron chi connectivity index (χ0n) is 21.6. The summed E-state index contributed by atoms with van der Waals surface area (Å²) in [6, 6.07) is 2.96. The molecule has 1 atom stereocenters. The van der Waals surface area contributed by atoms with Crippen LogP contribution in [0.15, 0.2) is 41.2 Å². The Hall–Kier alpha value is -2.11. The largest absolute Gasteiger partial charge is 0.483 e. The zero-order chi connectivity index (χ0) is 27.9. The van der Waals surface area contributed by atoms with E-state index < -0.39 is 18.4 Å². The van der Waals surface area contributed by atoms with Gasteiger partial charge in [-0.3, -0.25) is 4.99 Å². The van der Waals surface area contributed by atoms with Gasteiger partial charge in [0.25, 0.3) is 0 Å². The van der Waals surface area contributed by atoms with Crippen LogP contribution in [0.4, 0.5) is 22.7 Å². The second-order valence-corrected chi connectivity index (χ2v) is 8.77. The first-order chi connectivity index (χ1) is 17.0. The second kappa shape index (κ2) is 16.6. The van der Waals surface area contributed by atoms with Gasteiger partial charge in [-0.05, 0) is 37.4 Å². The Balaban J connectivity index is 0.00000596. The first kappa shape index (κ1) is 33.9. The summed E-state index contributed by atoms with van der Waals surface area (Å²) in [7, 11) is 0. The van der Waals surface area contributed by atoms with Crippen LogP contribution in [0.25, 0.3) is 11.0 Å². The van der Waals surface area contributed by atoms with Crippen LogP contribution in [0.1, 0.15) is 58.6 Å². The van der Waals surface area contributed by atoms with E-state index in [2.05, 4.69) is 16.4 Å². The molecule has 1 unspecified atom stereocenters. The molecule has 5 nitrogen and oxygen atoms in total. The van der Waals surface area contributed by atoms with Crippen molar-refractivity contribution >= 4 is 47.5 Å². The van der Waals surface area contributed by atoms with Crippen molar-refractivity contribution in [3.05, 3.63) is 47.3 Å². The molecule has 1 rings (SSSR count). The number of allylic oxidation sites excluding steroid dienone is 1. The molecule has 1 aromatic rings. The lowest BCUT2D eigenvalue weighted by Crippen LogP contribution is -2.41. The maximum atomic E-state index is 12.9. The van der Waals surface area contributed by atoms with Crippen LogP contribution in [-0.4, -0.2) is 36.5 Å². The number of hydrogen-bond donors (Lipinski definition) is 3. The van der Waals surface area contributed by atoms with Crippen molar-refractivity contribution in [2.45, 2.75) is 59.2 Å². The Bertz CT molecular complexity index is 919. The number of ether oxygens (including phenoxy) is 1. The molecule has 11 heteroatoms. The van der Waals surface area contributed by atoms with Crippen LogP contribution in [0, 0.1) is 5.92 Å². The van der Waals surface area contributed by atoms with Crippen LogP contribution in [0.5, 0.6) is 5.75 Å². The van der Waals surface area contributed by atoms with Gasteiger partial charge in [0.05, 0.1) is 11.4 Å². The Morgan fingerprint density at radius 1 is 1.31 bits per heavy atom. The van der Waals surface area contributed by atoms with Crippen molar-refractivity contribution in [3.63, 3.8) is 0 Å². The molecule has 0 radical (unpaired) electrons. The van der Waals surface area contributed by atoms with Gasteiger partial charge in [-0.2, -0.15) is 13.2 Å². The number of nitrogens with two attached hydrogens (primary N) is 1. The third-order valence-corrected chi connectivity index (χ3v) is 6.16. The van der Waals surface area contributed by atoms with E-state index in [1.165, 1.54) is 23.9 Å². The maximum Gasteiger partial charge on any atom is 0.422 e. The van der Waals surface area contributed by atoms with E-state index in [1.54, 1.807) is 26.0 Å². The van der Waals surface area contributed by atoms with E-state index in [1.807, 2.05) is 33.1 Å². The second-order valence-electron chi connectivity index (χ2n) is 7.56. The fourth-order valence-electron chi connectivity index (χ4n) is 3.22. The Morgan fingerprint density at radius 3 is 2.39 bits per heavy atom. The Morgan fingerprint density at radius 2 is 1.94 bits per heavy atom. The predicted octanol–water partition coefficient (Wildman–Crippen LogP) is 7.81. The van der Waals surface area contributed by atoms with Crippen LogP contribution in [0.3, 0.4) is 0 Å². The van der Waals surface area contributed by atoms with Gasteiger partial charge in [-0.25, -0.2) is 0 Å². The molecule has 0 bridgehead atoms. The predicted molar refractivity (Wildman–Crippen MR) is 148 cm³/mol. The topological polar surface area (TPSA) is 79.9 Å². The summed E-state index contributed by atoms with van der Waals surface area (Å²) < 4.78 is 58.9. The van der Waals surface area contributed by atoms with Gasteiger partial charge in [-0.1, -0.05) is 52.8 Å². The molecule has 36 heavy (non-hydrogen) atoms. The molecule has 0 fully saturated rings. The first-order valence-electron chi connectivity index (χ1n) is 11.4. The van der Waals surface area contributed by atoms with Gasteiger partial charge < -0.3 is 20.3 Å². The number of nitrogens with one attached hydrogen (secondary N) is 1. The number of aliphatic hydroxyl groups is 1. The quantitative estimate of drug-likeness (QED) is 0.132. The highest BCUT2D eigenvalue weighted by Gasteiger charge is 2.35. The SMILES string of the molecule is C=Nc1ccc(OCC(F)(F)F)c(/C(=C/CC)SC)c1/C=C\CC(O)(/C(=C/N)NSF)C(C)C.CC. The molecule has 0 aliphatic rings. The molecule has 4 N–H and O–H groups in total. The summed E-state index contributed by atoms with van der Waals surface area (Å²) in [5.41, 5.74) is 5.53. The molecule has 0 spiro atoms.